The molecule has 1 fully saturated rings. The molecular weight excluding hydrogens is 384 g/mol. The smallest absolute Gasteiger partial charge is 0.313 e. The molecule has 4 atom stereocenters. The Labute approximate surface area is 179 Å². The molecule has 7 heteroatoms. The predicted molar refractivity (Wildman–Crippen MR) is 114 cm³/mol. The summed E-state index contributed by atoms with van der Waals surface area (Å²) in [5, 5.41) is 1.74. The maximum atomic E-state index is 13.1. The van der Waals surface area contributed by atoms with Gasteiger partial charge in [-0.2, -0.15) is 5.06 Å². The number of hydrogen-bond acceptors (Lipinski definition) is 7. The molecule has 0 amide bonds. The van der Waals surface area contributed by atoms with E-state index in [-0.39, 0.29) is 24.5 Å². The maximum absolute atomic E-state index is 13.1. The van der Waals surface area contributed by atoms with E-state index in [1.165, 1.54) is 0 Å². The molecule has 1 saturated heterocycles. The number of nitrogens with two attached hydrogens (primary N) is 1. The molecular formula is C23H36N2O5. The van der Waals surface area contributed by atoms with Gasteiger partial charge in [0.1, 0.15) is 17.6 Å². The van der Waals surface area contributed by atoms with Gasteiger partial charge in [-0.15, -0.1) is 0 Å². The first kappa shape index (κ1) is 24.3. The van der Waals surface area contributed by atoms with Gasteiger partial charge < -0.3 is 15.2 Å². The number of nitrogens with zero attached hydrogens (tertiary/aromatic N) is 1. The molecule has 168 valence electrons. The van der Waals surface area contributed by atoms with Crippen LogP contribution in [0.5, 0.6) is 0 Å². The van der Waals surface area contributed by atoms with Crippen molar-refractivity contribution < 1.29 is 23.9 Å². The Kier molecular flexibility index (Phi) is 8.82. The molecule has 1 aromatic rings. The third kappa shape index (κ3) is 7.07. The van der Waals surface area contributed by atoms with Gasteiger partial charge in [0.2, 0.25) is 0 Å². The van der Waals surface area contributed by atoms with Gasteiger partial charge in [-0.1, -0.05) is 37.3 Å². The molecule has 30 heavy (non-hydrogen) atoms. The van der Waals surface area contributed by atoms with Crippen LogP contribution in [-0.4, -0.2) is 48.4 Å². The van der Waals surface area contributed by atoms with E-state index in [1.807, 2.05) is 58.0 Å². The highest BCUT2D eigenvalue weighted by Crippen LogP contribution is 2.34. The Morgan fingerprint density at radius 2 is 1.93 bits per heavy atom. The predicted octanol–water partition coefficient (Wildman–Crippen LogP) is 2.92. The minimum atomic E-state index is -0.656. The highest BCUT2D eigenvalue weighted by Gasteiger charge is 2.48. The van der Waals surface area contributed by atoms with Crippen LogP contribution < -0.4 is 5.73 Å². The summed E-state index contributed by atoms with van der Waals surface area (Å²) in [4.78, 5) is 32.0. The number of hydrogen-bond donors (Lipinski definition) is 1. The number of carbonyl (C=O) groups is 2. The van der Waals surface area contributed by atoms with E-state index in [1.54, 1.807) is 12.0 Å². The first-order valence-electron chi connectivity index (χ1n) is 10.7. The Morgan fingerprint density at radius 1 is 1.27 bits per heavy atom. The van der Waals surface area contributed by atoms with Crippen molar-refractivity contribution in [2.24, 2.45) is 23.5 Å². The molecule has 1 heterocycles. The minimum Gasteiger partial charge on any atom is -0.466 e. The van der Waals surface area contributed by atoms with Gasteiger partial charge in [-0.3, -0.25) is 14.4 Å². The monoisotopic (exact) mass is 420 g/mol. The second-order valence-corrected chi connectivity index (χ2v) is 8.95. The molecule has 0 aromatic heterocycles. The maximum Gasteiger partial charge on any atom is 0.313 e. The van der Waals surface area contributed by atoms with Gasteiger partial charge in [0.05, 0.1) is 12.5 Å². The SMILES string of the molecule is CCOC(=O)C1CN(Cc2ccccc2)OC1C(C[C@H](C)CN)C(=O)OC(C)(C)C. The number of rotatable bonds is 9. The standard InChI is InChI=1S/C23H36N2O5/c1-6-28-21(26)19-15-25(14-17-10-8-7-9-11-17)30-20(19)18(12-16(2)13-24)22(27)29-23(3,4)5/h7-11,16,18-20H,6,12-15,24H2,1-5H3/t16-,18?,19?,20?/m0/s1. The first-order chi connectivity index (χ1) is 14.1. The van der Waals surface area contributed by atoms with Crippen molar-refractivity contribution in [3.63, 3.8) is 0 Å². The number of ether oxygens (including phenoxy) is 2. The van der Waals surface area contributed by atoms with Crippen molar-refractivity contribution in [1.82, 2.24) is 5.06 Å². The number of hydroxylamine groups is 2. The average molecular weight is 421 g/mol. The third-order valence-corrected chi connectivity index (χ3v) is 5.02. The highest BCUT2D eigenvalue weighted by molar-refractivity contribution is 5.78. The van der Waals surface area contributed by atoms with Crippen LogP contribution in [0, 0.1) is 17.8 Å². The first-order valence-corrected chi connectivity index (χ1v) is 10.7. The molecule has 2 N–H and O–H groups in total. The lowest BCUT2D eigenvalue weighted by molar-refractivity contribution is -0.191. The van der Waals surface area contributed by atoms with Gasteiger partial charge in [-0.25, -0.2) is 0 Å². The summed E-state index contributed by atoms with van der Waals surface area (Å²) >= 11 is 0. The zero-order valence-electron chi connectivity index (χ0n) is 18.8. The fraction of sp³-hybridized carbons (Fsp3) is 0.652. The number of carbonyl (C=O) groups excluding carboxylic acids is 2. The van der Waals surface area contributed by atoms with Crippen LogP contribution >= 0.6 is 0 Å². The van der Waals surface area contributed by atoms with Gasteiger partial charge in [0, 0.05) is 13.1 Å². The van der Waals surface area contributed by atoms with E-state index in [4.69, 9.17) is 20.0 Å². The van der Waals surface area contributed by atoms with Crippen LogP contribution in [0.25, 0.3) is 0 Å². The Hall–Kier alpha value is -1.96. The molecule has 3 unspecified atom stereocenters. The molecule has 0 saturated carbocycles. The fourth-order valence-electron chi connectivity index (χ4n) is 3.58. The van der Waals surface area contributed by atoms with Crippen molar-refractivity contribution in [2.45, 2.75) is 59.3 Å². The minimum absolute atomic E-state index is 0.0807. The Balaban J connectivity index is 2.27. The van der Waals surface area contributed by atoms with Crippen molar-refractivity contribution in [3.8, 4) is 0 Å². The van der Waals surface area contributed by atoms with E-state index >= 15 is 0 Å². The zero-order chi connectivity index (χ0) is 22.3. The second-order valence-electron chi connectivity index (χ2n) is 8.95. The van der Waals surface area contributed by atoms with Crippen molar-refractivity contribution in [1.29, 1.82) is 0 Å². The molecule has 0 bridgehead atoms. The lowest BCUT2D eigenvalue weighted by Gasteiger charge is -2.30. The Morgan fingerprint density at radius 3 is 2.50 bits per heavy atom. The second kappa shape index (κ2) is 10.9. The van der Waals surface area contributed by atoms with Crippen molar-refractivity contribution in [2.75, 3.05) is 19.7 Å². The van der Waals surface area contributed by atoms with Gasteiger partial charge in [0.15, 0.2) is 0 Å². The fourth-order valence-corrected chi connectivity index (χ4v) is 3.58. The van der Waals surface area contributed by atoms with Crippen LogP contribution in [0.15, 0.2) is 30.3 Å². The Bertz CT molecular complexity index is 689. The third-order valence-electron chi connectivity index (χ3n) is 5.02. The summed E-state index contributed by atoms with van der Waals surface area (Å²) in [6, 6.07) is 9.86. The van der Waals surface area contributed by atoms with Crippen LogP contribution in [0.3, 0.4) is 0 Å². The van der Waals surface area contributed by atoms with Crippen LogP contribution in [-0.2, 0) is 30.4 Å². The van der Waals surface area contributed by atoms with Crippen molar-refractivity contribution in [3.05, 3.63) is 35.9 Å². The van der Waals surface area contributed by atoms with Crippen LogP contribution in [0.1, 0.15) is 46.6 Å². The van der Waals surface area contributed by atoms with E-state index in [2.05, 4.69) is 0 Å². The van der Waals surface area contributed by atoms with E-state index < -0.39 is 23.5 Å². The summed E-state index contributed by atoms with van der Waals surface area (Å²) in [5.74, 6) is -1.83. The summed E-state index contributed by atoms with van der Waals surface area (Å²) in [5.41, 5.74) is 6.25. The van der Waals surface area contributed by atoms with Crippen LogP contribution in [0.4, 0.5) is 0 Å². The van der Waals surface area contributed by atoms with E-state index in [9.17, 15) is 9.59 Å². The van der Waals surface area contributed by atoms with Crippen LogP contribution in [0.2, 0.25) is 0 Å². The molecule has 1 aliphatic heterocycles. The van der Waals surface area contributed by atoms with Gasteiger partial charge >= 0.3 is 11.9 Å². The summed E-state index contributed by atoms with van der Waals surface area (Å²) < 4.78 is 11.0. The summed E-state index contributed by atoms with van der Waals surface area (Å²) in [6.45, 7) is 10.8. The normalized spacial score (nSPS) is 21.8. The van der Waals surface area contributed by atoms with Gasteiger partial charge in [0.25, 0.3) is 0 Å². The molecule has 0 spiro atoms. The largest absolute Gasteiger partial charge is 0.466 e. The highest BCUT2D eigenvalue weighted by atomic mass is 16.7. The molecule has 1 aliphatic rings. The van der Waals surface area contributed by atoms with Gasteiger partial charge in [-0.05, 0) is 52.1 Å². The lowest BCUT2D eigenvalue weighted by Crippen LogP contribution is -2.42. The molecule has 0 radical (unpaired) electrons. The number of benzene rings is 1. The lowest BCUT2D eigenvalue weighted by atomic mass is 9.85. The molecule has 7 nitrogen and oxygen atoms in total. The number of esters is 2. The summed E-state index contributed by atoms with van der Waals surface area (Å²) in [6.07, 6.45) is -0.179. The molecule has 2 rings (SSSR count). The summed E-state index contributed by atoms with van der Waals surface area (Å²) in [7, 11) is 0. The average Bonchev–Trinajstić information content (AvgIpc) is 3.08. The van der Waals surface area contributed by atoms with E-state index in [0.29, 0.717) is 26.1 Å². The quantitative estimate of drug-likeness (QED) is 0.614. The topological polar surface area (TPSA) is 91.1 Å². The molecule has 0 aliphatic carbocycles. The van der Waals surface area contributed by atoms with Crippen molar-refractivity contribution >= 4 is 11.9 Å². The molecule has 1 aromatic carbocycles. The zero-order valence-corrected chi connectivity index (χ0v) is 18.8. The van der Waals surface area contributed by atoms with E-state index in [0.717, 1.165) is 5.56 Å².